The average molecular weight is 324 g/mol. The third-order valence-corrected chi connectivity index (χ3v) is 4.12. The molecule has 0 saturated heterocycles. The first-order valence-corrected chi connectivity index (χ1v) is 7.53. The Hall–Kier alpha value is -2.04. The van der Waals surface area contributed by atoms with Gasteiger partial charge >= 0.3 is 6.18 Å². The van der Waals surface area contributed by atoms with Crippen molar-refractivity contribution in [1.29, 1.82) is 0 Å². The van der Waals surface area contributed by atoms with Crippen LogP contribution in [0.25, 0.3) is 11.1 Å². The van der Waals surface area contributed by atoms with Crippen LogP contribution in [0.3, 0.4) is 0 Å². The second-order valence-corrected chi connectivity index (χ2v) is 5.68. The van der Waals surface area contributed by atoms with Gasteiger partial charge in [0.15, 0.2) is 6.10 Å². The minimum atomic E-state index is -4.36. The highest BCUT2D eigenvalue weighted by atomic mass is 19.4. The summed E-state index contributed by atoms with van der Waals surface area (Å²) in [6, 6.07) is 9.86. The summed E-state index contributed by atoms with van der Waals surface area (Å²) in [5.41, 5.74) is 2.68. The van der Waals surface area contributed by atoms with Gasteiger partial charge in [-0.15, -0.1) is 0 Å². The van der Waals surface area contributed by atoms with Crippen LogP contribution in [0, 0.1) is 5.82 Å². The Morgan fingerprint density at radius 2 is 1.91 bits per heavy atom. The fraction of sp³-hybridized carbons (Fsp3) is 0.333. The van der Waals surface area contributed by atoms with Gasteiger partial charge < -0.3 is 4.74 Å². The monoisotopic (exact) mass is 324 g/mol. The van der Waals surface area contributed by atoms with Crippen LogP contribution >= 0.6 is 0 Å². The second-order valence-electron chi connectivity index (χ2n) is 5.68. The Labute approximate surface area is 131 Å². The lowest BCUT2D eigenvalue weighted by molar-refractivity contribution is -0.199. The van der Waals surface area contributed by atoms with Crippen molar-refractivity contribution >= 4 is 0 Å². The van der Waals surface area contributed by atoms with Gasteiger partial charge in [0.1, 0.15) is 11.6 Å². The normalized spacial score (nSPS) is 17.5. The van der Waals surface area contributed by atoms with E-state index in [1.54, 1.807) is 18.2 Å². The number of ether oxygens (including phenoxy) is 1. The van der Waals surface area contributed by atoms with Crippen molar-refractivity contribution in [1.82, 2.24) is 0 Å². The molecule has 0 aliphatic carbocycles. The van der Waals surface area contributed by atoms with Crippen molar-refractivity contribution in [3.8, 4) is 16.9 Å². The summed E-state index contributed by atoms with van der Waals surface area (Å²) in [6.45, 7) is 1.95. The summed E-state index contributed by atoms with van der Waals surface area (Å²) in [6.07, 6.45) is -5.23. The van der Waals surface area contributed by atoms with Crippen molar-refractivity contribution in [2.24, 2.45) is 0 Å². The topological polar surface area (TPSA) is 9.23 Å². The van der Waals surface area contributed by atoms with E-state index in [-0.39, 0.29) is 24.4 Å². The fourth-order valence-electron chi connectivity index (χ4n) is 2.80. The Morgan fingerprint density at radius 3 is 2.57 bits per heavy atom. The number of hydrogen-bond acceptors (Lipinski definition) is 1. The molecule has 23 heavy (non-hydrogen) atoms. The zero-order chi connectivity index (χ0) is 16.6. The molecule has 1 heterocycles. The molecule has 0 aromatic heterocycles. The Kier molecular flexibility index (Phi) is 4.04. The molecule has 0 fully saturated rings. The first-order chi connectivity index (χ1) is 10.9. The molecular weight excluding hydrogens is 308 g/mol. The third-order valence-electron chi connectivity index (χ3n) is 4.12. The zero-order valence-corrected chi connectivity index (χ0v) is 12.6. The SMILES string of the molecule is CCc1ccc(-c2ccc3c(c2)CCC(C(F)(F)F)O3)c(F)c1. The van der Waals surface area contributed by atoms with Crippen molar-refractivity contribution in [3.63, 3.8) is 0 Å². The molecule has 1 unspecified atom stereocenters. The molecule has 3 rings (SSSR count). The quantitative estimate of drug-likeness (QED) is 0.680. The van der Waals surface area contributed by atoms with Crippen LogP contribution < -0.4 is 4.74 Å². The predicted octanol–water partition coefficient (Wildman–Crippen LogP) is 5.31. The minimum Gasteiger partial charge on any atom is -0.481 e. The summed E-state index contributed by atoms with van der Waals surface area (Å²) < 4.78 is 57.4. The molecule has 5 heteroatoms. The maximum absolute atomic E-state index is 14.2. The number of alkyl halides is 3. The molecule has 1 aliphatic heterocycles. The molecule has 0 radical (unpaired) electrons. The maximum Gasteiger partial charge on any atom is 0.425 e. The van der Waals surface area contributed by atoms with Gasteiger partial charge in [0.05, 0.1) is 0 Å². The van der Waals surface area contributed by atoms with Gasteiger partial charge in [0, 0.05) is 5.56 Å². The molecule has 0 spiro atoms. The van der Waals surface area contributed by atoms with Gasteiger partial charge in [-0.25, -0.2) is 4.39 Å². The Balaban J connectivity index is 1.91. The minimum absolute atomic E-state index is 0.114. The predicted molar refractivity (Wildman–Crippen MR) is 80.0 cm³/mol. The molecule has 0 saturated carbocycles. The van der Waals surface area contributed by atoms with Crippen molar-refractivity contribution in [2.45, 2.75) is 38.5 Å². The van der Waals surface area contributed by atoms with Crippen LogP contribution in [-0.2, 0) is 12.8 Å². The summed E-state index contributed by atoms with van der Waals surface area (Å²) >= 11 is 0. The van der Waals surface area contributed by atoms with Crippen molar-refractivity contribution in [3.05, 3.63) is 53.3 Å². The molecule has 1 atom stereocenters. The van der Waals surface area contributed by atoms with Gasteiger partial charge in [-0.1, -0.05) is 25.1 Å². The number of aryl methyl sites for hydroxylation is 2. The molecule has 1 aliphatic rings. The molecular formula is C18H16F4O. The first-order valence-electron chi connectivity index (χ1n) is 7.53. The average Bonchev–Trinajstić information content (AvgIpc) is 2.53. The molecule has 0 bridgehead atoms. The van der Waals surface area contributed by atoms with E-state index in [1.807, 2.05) is 13.0 Å². The van der Waals surface area contributed by atoms with Crippen LogP contribution in [0.1, 0.15) is 24.5 Å². The van der Waals surface area contributed by atoms with Crippen molar-refractivity contribution in [2.75, 3.05) is 0 Å². The van der Waals surface area contributed by atoms with Crippen LogP contribution in [0.4, 0.5) is 17.6 Å². The molecule has 0 amide bonds. The van der Waals surface area contributed by atoms with Gasteiger partial charge in [0.2, 0.25) is 0 Å². The second kappa shape index (κ2) is 5.87. The van der Waals surface area contributed by atoms with Gasteiger partial charge in [-0.3, -0.25) is 0 Å². The standard InChI is InChI=1S/C18H16F4O/c1-2-11-3-6-14(15(19)9-11)12-4-7-16-13(10-12)5-8-17(23-16)18(20,21)22/h3-4,6-7,9-10,17H,2,5,8H2,1H3. The van der Waals surface area contributed by atoms with Crippen LogP contribution in [0.2, 0.25) is 0 Å². The zero-order valence-electron chi connectivity index (χ0n) is 12.6. The fourth-order valence-corrected chi connectivity index (χ4v) is 2.80. The highest BCUT2D eigenvalue weighted by Crippen LogP contribution is 2.37. The summed E-state index contributed by atoms with van der Waals surface area (Å²) in [4.78, 5) is 0. The van der Waals surface area contributed by atoms with Gasteiger partial charge in [0.25, 0.3) is 0 Å². The lowest BCUT2D eigenvalue weighted by Crippen LogP contribution is -2.37. The number of rotatable bonds is 2. The van der Waals surface area contributed by atoms with Crippen LogP contribution in [0.5, 0.6) is 5.75 Å². The van der Waals surface area contributed by atoms with E-state index in [9.17, 15) is 17.6 Å². The highest BCUT2D eigenvalue weighted by molar-refractivity contribution is 5.67. The number of halogens is 4. The van der Waals surface area contributed by atoms with E-state index >= 15 is 0 Å². The van der Waals surface area contributed by atoms with E-state index in [2.05, 4.69) is 0 Å². The third kappa shape index (κ3) is 3.19. The van der Waals surface area contributed by atoms with E-state index in [1.165, 1.54) is 12.1 Å². The van der Waals surface area contributed by atoms with Gasteiger partial charge in [-0.2, -0.15) is 13.2 Å². The highest BCUT2D eigenvalue weighted by Gasteiger charge is 2.43. The molecule has 0 N–H and O–H groups in total. The van der Waals surface area contributed by atoms with E-state index in [0.717, 1.165) is 12.0 Å². The molecule has 2 aromatic carbocycles. The molecule has 2 aromatic rings. The Bertz CT molecular complexity index is 721. The summed E-state index contributed by atoms with van der Waals surface area (Å²) in [5, 5.41) is 0. The van der Waals surface area contributed by atoms with Crippen LogP contribution in [-0.4, -0.2) is 12.3 Å². The van der Waals surface area contributed by atoms with E-state index in [0.29, 0.717) is 16.7 Å². The first kappa shape index (κ1) is 15.8. The maximum atomic E-state index is 14.2. The summed E-state index contributed by atoms with van der Waals surface area (Å²) in [5.74, 6) is -0.0953. The summed E-state index contributed by atoms with van der Waals surface area (Å²) in [7, 11) is 0. The smallest absolute Gasteiger partial charge is 0.425 e. The van der Waals surface area contributed by atoms with E-state index < -0.39 is 12.3 Å². The lowest BCUT2D eigenvalue weighted by atomic mass is 9.96. The molecule has 122 valence electrons. The van der Waals surface area contributed by atoms with Crippen molar-refractivity contribution < 1.29 is 22.3 Å². The van der Waals surface area contributed by atoms with Gasteiger partial charge in [-0.05, 0) is 54.2 Å². The number of hydrogen-bond donors (Lipinski definition) is 0. The van der Waals surface area contributed by atoms with Crippen LogP contribution in [0.15, 0.2) is 36.4 Å². The molecule has 1 nitrogen and oxygen atoms in total. The number of benzene rings is 2. The Morgan fingerprint density at radius 1 is 1.13 bits per heavy atom. The largest absolute Gasteiger partial charge is 0.481 e. The lowest BCUT2D eigenvalue weighted by Gasteiger charge is -2.28. The number of fused-ring (bicyclic) bond motifs is 1. The van der Waals surface area contributed by atoms with E-state index in [4.69, 9.17) is 4.74 Å².